The van der Waals surface area contributed by atoms with E-state index in [-0.39, 0.29) is 0 Å². The molecule has 1 fully saturated rings. The molecule has 3 nitrogen and oxygen atoms in total. The van der Waals surface area contributed by atoms with Crippen LogP contribution in [0.1, 0.15) is 43.1 Å². The molecule has 0 amide bonds. The summed E-state index contributed by atoms with van der Waals surface area (Å²) >= 11 is 0. The van der Waals surface area contributed by atoms with Crippen LogP contribution in [0.5, 0.6) is 0 Å². The highest BCUT2D eigenvalue weighted by Crippen LogP contribution is 2.26. The maximum Gasteiger partial charge on any atom is 0.0955 e. The minimum atomic E-state index is 0.549. The first kappa shape index (κ1) is 9.40. The third kappa shape index (κ3) is 1.69. The monoisotopic (exact) mass is 206 g/mol. The molecule has 0 bridgehead atoms. The van der Waals surface area contributed by atoms with E-state index in [4.69, 9.17) is 4.74 Å². The van der Waals surface area contributed by atoms with Gasteiger partial charge in [0.05, 0.1) is 24.7 Å². The fourth-order valence-electron chi connectivity index (χ4n) is 2.75. The molecular weight excluding hydrogens is 188 g/mol. The molecule has 0 radical (unpaired) electrons. The van der Waals surface area contributed by atoms with E-state index in [0.717, 1.165) is 13.2 Å². The van der Waals surface area contributed by atoms with E-state index in [9.17, 15) is 0 Å². The third-order valence-corrected chi connectivity index (χ3v) is 3.59. The van der Waals surface area contributed by atoms with Crippen molar-refractivity contribution in [2.24, 2.45) is 0 Å². The molecule has 3 heteroatoms. The van der Waals surface area contributed by atoms with E-state index in [1.54, 1.807) is 0 Å². The summed E-state index contributed by atoms with van der Waals surface area (Å²) in [4.78, 5) is 4.54. The van der Waals surface area contributed by atoms with Crippen molar-refractivity contribution in [2.75, 3.05) is 13.2 Å². The Morgan fingerprint density at radius 1 is 1.27 bits per heavy atom. The lowest BCUT2D eigenvalue weighted by molar-refractivity contribution is 0.0581. The first-order valence-corrected chi connectivity index (χ1v) is 6.07. The minimum Gasteiger partial charge on any atom is -0.379 e. The van der Waals surface area contributed by atoms with Crippen LogP contribution in [0.3, 0.4) is 0 Å². The van der Waals surface area contributed by atoms with Crippen LogP contribution in [0, 0.1) is 0 Å². The van der Waals surface area contributed by atoms with Crippen molar-refractivity contribution in [2.45, 2.75) is 44.6 Å². The molecule has 1 atom stereocenters. The molecule has 2 aliphatic rings. The summed E-state index contributed by atoms with van der Waals surface area (Å²) in [6.45, 7) is 1.82. The fraction of sp³-hybridized carbons (Fsp3) is 0.750. The Balaban J connectivity index is 1.87. The lowest BCUT2D eigenvalue weighted by Crippen LogP contribution is -2.23. The summed E-state index contributed by atoms with van der Waals surface area (Å²) in [7, 11) is 0. The molecule has 1 aliphatic carbocycles. The van der Waals surface area contributed by atoms with E-state index in [0.29, 0.717) is 6.04 Å². The summed E-state index contributed by atoms with van der Waals surface area (Å²) in [5, 5.41) is 0. The molecule has 2 heterocycles. The van der Waals surface area contributed by atoms with Gasteiger partial charge in [-0.15, -0.1) is 0 Å². The highest BCUT2D eigenvalue weighted by atomic mass is 16.5. The number of nitrogens with zero attached hydrogens (tertiary/aromatic N) is 2. The van der Waals surface area contributed by atoms with Crippen LogP contribution in [-0.2, 0) is 17.6 Å². The molecule has 15 heavy (non-hydrogen) atoms. The first-order valence-electron chi connectivity index (χ1n) is 6.07. The van der Waals surface area contributed by atoms with Gasteiger partial charge in [0, 0.05) is 12.3 Å². The lowest BCUT2D eigenvalue weighted by Gasteiger charge is -2.26. The topological polar surface area (TPSA) is 27.1 Å². The lowest BCUT2D eigenvalue weighted by atomic mass is 10.00. The van der Waals surface area contributed by atoms with Gasteiger partial charge in [-0.3, -0.25) is 0 Å². The van der Waals surface area contributed by atoms with Gasteiger partial charge < -0.3 is 9.30 Å². The Bertz CT molecular complexity index is 339. The average Bonchev–Trinajstić information content (AvgIpc) is 2.74. The Morgan fingerprint density at radius 3 is 3.07 bits per heavy atom. The number of fused-ring (bicyclic) bond motifs is 1. The fourth-order valence-corrected chi connectivity index (χ4v) is 2.75. The second-order valence-electron chi connectivity index (χ2n) is 4.62. The zero-order chi connectivity index (χ0) is 10.1. The van der Waals surface area contributed by atoms with Crippen molar-refractivity contribution in [3.63, 3.8) is 0 Å². The third-order valence-electron chi connectivity index (χ3n) is 3.59. The Hall–Kier alpha value is -0.830. The second kappa shape index (κ2) is 3.97. The Kier molecular flexibility index (Phi) is 2.49. The van der Waals surface area contributed by atoms with Gasteiger partial charge in [-0.2, -0.15) is 0 Å². The molecule has 1 aromatic heterocycles. The maximum atomic E-state index is 5.55. The van der Waals surface area contributed by atoms with Crippen molar-refractivity contribution in [1.82, 2.24) is 9.55 Å². The van der Waals surface area contributed by atoms with E-state index < -0.39 is 0 Å². The second-order valence-corrected chi connectivity index (χ2v) is 4.62. The number of imidazole rings is 1. The van der Waals surface area contributed by atoms with Crippen LogP contribution in [0.15, 0.2) is 6.33 Å². The van der Waals surface area contributed by atoms with E-state index in [2.05, 4.69) is 9.55 Å². The molecule has 1 saturated heterocycles. The molecular formula is C12H18N2O. The summed E-state index contributed by atoms with van der Waals surface area (Å²) in [6, 6.07) is 0.549. The van der Waals surface area contributed by atoms with Gasteiger partial charge in [0.15, 0.2) is 0 Å². The smallest absolute Gasteiger partial charge is 0.0955 e. The van der Waals surface area contributed by atoms with Gasteiger partial charge in [0.2, 0.25) is 0 Å². The molecule has 1 aromatic rings. The first-order chi connectivity index (χ1) is 7.45. The van der Waals surface area contributed by atoms with Crippen molar-refractivity contribution in [1.29, 1.82) is 0 Å². The van der Waals surface area contributed by atoms with Crippen molar-refractivity contribution in [3.8, 4) is 0 Å². The predicted molar refractivity (Wildman–Crippen MR) is 58.0 cm³/mol. The molecule has 0 N–H and O–H groups in total. The standard InChI is InChI=1S/C12H18N2O/c1-2-6-12-11(5-1)13-9-14(12)10-4-3-7-15-8-10/h9-10H,1-8H2. The van der Waals surface area contributed by atoms with E-state index >= 15 is 0 Å². The number of aryl methyl sites for hydroxylation is 1. The van der Waals surface area contributed by atoms with Crippen LogP contribution in [0.2, 0.25) is 0 Å². The van der Waals surface area contributed by atoms with E-state index in [1.807, 2.05) is 6.33 Å². The van der Waals surface area contributed by atoms with Crippen molar-refractivity contribution < 1.29 is 4.74 Å². The normalized spacial score (nSPS) is 26.3. The van der Waals surface area contributed by atoms with Gasteiger partial charge in [0.1, 0.15) is 0 Å². The van der Waals surface area contributed by atoms with Gasteiger partial charge in [-0.05, 0) is 38.5 Å². The molecule has 3 rings (SSSR count). The predicted octanol–water partition coefficient (Wildman–Crippen LogP) is 2.11. The van der Waals surface area contributed by atoms with Gasteiger partial charge >= 0.3 is 0 Å². The maximum absolute atomic E-state index is 5.55. The number of ether oxygens (including phenoxy) is 1. The largest absolute Gasteiger partial charge is 0.379 e. The number of hydrogen-bond acceptors (Lipinski definition) is 2. The van der Waals surface area contributed by atoms with Gasteiger partial charge in [0.25, 0.3) is 0 Å². The average molecular weight is 206 g/mol. The zero-order valence-electron chi connectivity index (χ0n) is 9.11. The van der Waals surface area contributed by atoms with E-state index in [1.165, 1.54) is 49.9 Å². The van der Waals surface area contributed by atoms with Crippen LogP contribution < -0.4 is 0 Å². The highest BCUT2D eigenvalue weighted by Gasteiger charge is 2.22. The molecule has 0 spiro atoms. The quantitative estimate of drug-likeness (QED) is 0.703. The summed E-state index contributed by atoms with van der Waals surface area (Å²) in [5.74, 6) is 0. The van der Waals surface area contributed by atoms with Crippen LogP contribution in [-0.4, -0.2) is 22.8 Å². The van der Waals surface area contributed by atoms with Crippen molar-refractivity contribution in [3.05, 3.63) is 17.7 Å². The molecule has 0 saturated carbocycles. The molecule has 1 unspecified atom stereocenters. The minimum absolute atomic E-state index is 0.549. The number of rotatable bonds is 1. The Morgan fingerprint density at radius 2 is 2.20 bits per heavy atom. The van der Waals surface area contributed by atoms with Crippen molar-refractivity contribution >= 4 is 0 Å². The Labute approximate surface area is 90.5 Å². The van der Waals surface area contributed by atoms with Crippen LogP contribution >= 0.6 is 0 Å². The van der Waals surface area contributed by atoms with Gasteiger partial charge in [-0.25, -0.2) is 4.98 Å². The summed E-state index contributed by atoms with van der Waals surface area (Å²) in [6.07, 6.45) is 9.51. The molecule has 1 aliphatic heterocycles. The highest BCUT2D eigenvalue weighted by molar-refractivity contribution is 5.17. The summed E-state index contributed by atoms with van der Waals surface area (Å²) < 4.78 is 7.93. The number of aromatic nitrogens is 2. The number of hydrogen-bond donors (Lipinski definition) is 0. The molecule has 82 valence electrons. The van der Waals surface area contributed by atoms with Crippen LogP contribution in [0.4, 0.5) is 0 Å². The zero-order valence-corrected chi connectivity index (χ0v) is 9.11. The van der Waals surface area contributed by atoms with Gasteiger partial charge in [-0.1, -0.05) is 0 Å². The molecule has 0 aromatic carbocycles. The van der Waals surface area contributed by atoms with Crippen LogP contribution in [0.25, 0.3) is 0 Å². The SMILES string of the molecule is c1nc2c(n1C1CCCOC1)CCCC2. The summed E-state index contributed by atoms with van der Waals surface area (Å²) in [5.41, 5.74) is 2.82.